The monoisotopic (exact) mass is 324 g/mol. The van der Waals surface area contributed by atoms with Gasteiger partial charge in [0.25, 0.3) is 0 Å². The van der Waals surface area contributed by atoms with E-state index in [0.29, 0.717) is 12.1 Å². The maximum absolute atomic E-state index is 12.0. The Morgan fingerprint density at radius 1 is 1.04 bits per heavy atom. The minimum absolute atomic E-state index is 0.221. The highest BCUT2D eigenvalue weighted by Gasteiger charge is 2.32. The zero-order valence-electron chi connectivity index (χ0n) is 15.5. The lowest BCUT2D eigenvalue weighted by Crippen LogP contribution is -2.51. The summed E-state index contributed by atoms with van der Waals surface area (Å²) in [6.07, 6.45) is 11.1. The van der Waals surface area contributed by atoms with Gasteiger partial charge in [0.2, 0.25) is 0 Å². The van der Waals surface area contributed by atoms with Crippen LogP contribution in [-0.4, -0.2) is 29.8 Å². The molecule has 0 aromatic heterocycles. The fraction of sp³-hybridized carbons (Fsp3) is 0.947. The van der Waals surface area contributed by atoms with Crippen molar-refractivity contribution in [1.82, 2.24) is 10.6 Å². The van der Waals surface area contributed by atoms with Crippen LogP contribution in [0.25, 0.3) is 0 Å². The zero-order valence-corrected chi connectivity index (χ0v) is 15.5. The molecule has 2 fully saturated rings. The summed E-state index contributed by atoms with van der Waals surface area (Å²) in [5, 5.41) is 6.91. The molecule has 4 nitrogen and oxygen atoms in total. The molecular formula is C19H36N2O2. The molecule has 134 valence electrons. The first-order chi connectivity index (χ1) is 10.9. The van der Waals surface area contributed by atoms with Gasteiger partial charge in [-0.2, -0.15) is 0 Å². The minimum Gasteiger partial charge on any atom is -0.444 e. The molecule has 2 aliphatic carbocycles. The number of carbonyl (C=O) groups excluding carboxylic acids is 1. The van der Waals surface area contributed by atoms with Crippen molar-refractivity contribution in [2.24, 2.45) is 5.92 Å². The van der Waals surface area contributed by atoms with E-state index in [9.17, 15) is 4.79 Å². The van der Waals surface area contributed by atoms with Gasteiger partial charge in [0.15, 0.2) is 0 Å². The topological polar surface area (TPSA) is 50.4 Å². The average Bonchev–Trinajstić information content (AvgIpc) is 2.86. The van der Waals surface area contributed by atoms with E-state index < -0.39 is 5.60 Å². The number of carbonyl (C=O) groups is 1. The molecule has 2 N–H and O–H groups in total. The van der Waals surface area contributed by atoms with Gasteiger partial charge in [-0.25, -0.2) is 4.79 Å². The smallest absolute Gasteiger partial charge is 0.407 e. The molecule has 0 aromatic rings. The van der Waals surface area contributed by atoms with Gasteiger partial charge in [-0.3, -0.25) is 0 Å². The van der Waals surface area contributed by atoms with Crippen molar-refractivity contribution in [2.45, 2.75) is 109 Å². The molecule has 23 heavy (non-hydrogen) atoms. The van der Waals surface area contributed by atoms with Crippen LogP contribution in [0, 0.1) is 5.92 Å². The highest BCUT2D eigenvalue weighted by atomic mass is 16.6. The van der Waals surface area contributed by atoms with E-state index in [2.05, 4.69) is 17.6 Å². The van der Waals surface area contributed by atoms with Crippen LogP contribution in [0.2, 0.25) is 0 Å². The SMILES string of the molecule is CCCC1CCC(NC2CCCC2NC(=O)OC(C)(C)C)CC1. The number of amides is 1. The van der Waals surface area contributed by atoms with Crippen molar-refractivity contribution in [1.29, 1.82) is 0 Å². The van der Waals surface area contributed by atoms with Crippen LogP contribution in [0.15, 0.2) is 0 Å². The van der Waals surface area contributed by atoms with Crippen molar-refractivity contribution in [3.05, 3.63) is 0 Å². The summed E-state index contributed by atoms with van der Waals surface area (Å²) in [6.45, 7) is 8.01. The highest BCUT2D eigenvalue weighted by molar-refractivity contribution is 5.68. The van der Waals surface area contributed by atoms with E-state index in [4.69, 9.17) is 4.74 Å². The molecule has 2 aliphatic rings. The van der Waals surface area contributed by atoms with E-state index in [1.54, 1.807) is 0 Å². The largest absolute Gasteiger partial charge is 0.444 e. The van der Waals surface area contributed by atoms with Crippen molar-refractivity contribution in [3.63, 3.8) is 0 Å². The molecule has 0 spiro atoms. The molecule has 0 radical (unpaired) electrons. The van der Waals surface area contributed by atoms with E-state index in [-0.39, 0.29) is 12.1 Å². The third-order valence-electron chi connectivity index (χ3n) is 5.21. The maximum atomic E-state index is 12.0. The van der Waals surface area contributed by atoms with Crippen LogP contribution in [0.4, 0.5) is 4.79 Å². The van der Waals surface area contributed by atoms with Gasteiger partial charge in [0, 0.05) is 18.1 Å². The fourth-order valence-corrected chi connectivity index (χ4v) is 4.12. The Hall–Kier alpha value is -0.770. The number of nitrogens with one attached hydrogen (secondary N) is 2. The lowest BCUT2D eigenvalue weighted by molar-refractivity contribution is 0.0496. The molecule has 0 saturated heterocycles. The van der Waals surface area contributed by atoms with E-state index in [0.717, 1.165) is 18.8 Å². The maximum Gasteiger partial charge on any atom is 0.407 e. The molecule has 2 atom stereocenters. The third-order valence-corrected chi connectivity index (χ3v) is 5.21. The average molecular weight is 325 g/mol. The molecule has 2 saturated carbocycles. The second-order valence-corrected chi connectivity index (χ2v) is 8.46. The Morgan fingerprint density at radius 3 is 2.30 bits per heavy atom. The Labute approximate surface area is 142 Å². The number of ether oxygens (including phenoxy) is 1. The van der Waals surface area contributed by atoms with Crippen molar-refractivity contribution in [2.75, 3.05) is 0 Å². The van der Waals surface area contributed by atoms with E-state index in [1.165, 1.54) is 44.9 Å². The molecule has 0 heterocycles. The summed E-state index contributed by atoms with van der Waals surface area (Å²) in [4.78, 5) is 12.0. The van der Waals surface area contributed by atoms with Crippen LogP contribution >= 0.6 is 0 Å². The molecule has 4 heteroatoms. The number of rotatable bonds is 5. The number of hydrogen-bond donors (Lipinski definition) is 2. The molecule has 2 unspecified atom stereocenters. The van der Waals surface area contributed by atoms with Gasteiger partial charge >= 0.3 is 6.09 Å². The molecule has 0 bridgehead atoms. The summed E-state index contributed by atoms with van der Waals surface area (Å²) < 4.78 is 5.40. The highest BCUT2D eigenvalue weighted by Crippen LogP contribution is 2.29. The standard InChI is InChI=1S/C19H36N2O2/c1-5-7-14-10-12-15(13-11-14)20-16-8-6-9-17(16)21-18(22)23-19(2,3)4/h14-17,20H,5-13H2,1-4H3,(H,21,22). The summed E-state index contributed by atoms with van der Waals surface area (Å²) >= 11 is 0. The molecule has 0 aromatic carbocycles. The first-order valence-corrected chi connectivity index (χ1v) is 9.63. The Kier molecular flexibility index (Phi) is 6.75. The Morgan fingerprint density at radius 2 is 1.70 bits per heavy atom. The fourth-order valence-electron chi connectivity index (χ4n) is 4.12. The predicted molar refractivity (Wildman–Crippen MR) is 94.6 cm³/mol. The van der Waals surface area contributed by atoms with Crippen molar-refractivity contribution < 1.29 is 9.53 Å². The summed E-state index contributed by atoms with van der Waals surface area (Å²) in [5.74, 6) is 0.942. The zero-order chi connectivity index (χ0) is 16.9. The summed E-state index contributed by atoms with van der Waals surface area (Å²) in [5.41, 5.74) is -0.427. The Balaban J connectivity index is 1.75. The van der Waals surface area contributed by atoms with Crippen LogP contribution in [0.1, 0.15) is 85.5 Å². The second-order valence-electron chi connectivity index (χ2n) is 8.46. The first kappa shape index (κ1) is 18.6. The summed E-state index contributed by atoms with van der Waals surface area (Å²) in [6, 6.07) is 1.27. The van der Waals surface area contributed by atoms with Crippen molar-refractivity contribution in [3.8, 4) is 0 Å². The van der Waals surface area contributed by atoms with Gasteiger partial charge in [-0.05, 0) is 71.6 Å². The Bertz CT molecular complexity index is 370. The quantitative estimate of drug-likeness (QED) is 0.789. The lowest BCUT2D eigenvalue weighted by atomic mass is 9.83. The molecule has 2 rings (SSSR count). The van der Waals surface area contributed by atoms with Gasteiger partial charge in [0.05, 0.1) is 0 Å². The van der Waals surface area contributed by atoms with Gasteiger partial charge in [-0.15, -0.1) is 0 Å². The molecule has 0 aliphatic heterocycles. The van der Waals surface area contributed by atoms with E-state index in [1.807, 2.05) is 20.8 Å². The first-order valence-electron chi connectivity index (χ1n) is 9.63. The van der Waals surface area contributed by atoms with E-state index >= 15 is 0 Å². The molecular weight excluding hydrogens is 288 g/mol. The lowest BCUT2D eigenvalue weighted by Gasteiger charge is -2.33. The predicted octanol–water partition coefficient (Wildman–Crippen LogP) is 4.38. The summed E-state index contributed by atoms with van der Waals surface area (Å²) in [7, 11) is 0. The van der Waals surface area contributed by atoms with Crippen molar-refractivity contribution >= 4 is 6.09 Å². The van der Waals surface area contributed by atoms with Gasteiger partial charge < -0.3 is 15.4 Å². The van der Waals surface area contributed by atoms with Gasteiger partial charge in [0.1, 0.15) is 5.60 Å². The van der Waals surface area contributed by atoms with Crippen LogP contribution in [-0.2, 0) is 4.74 Å². The van der Waals surface area contributed by atoms with Crippen LogP contribution in [0.5, 0.6) is 0 Å². The number of alkyl carbamates (subject to hydrolysis) is 1. The van der Waals surface area contributed by atoms with Crippen LogP contribution < -0.4 is 10.6 Å². The number of hydrogen-bond acceptors (Lipinski definition) is 3. The second kappa shape index (κ2) is 8.36. The third kappa shape index (κ3) is 6.33. The normalized spacial score (nSPS) is 31.8. The molecule has 1 amide bonds. The van der Waals surface area contributed by atoms with Gasteiger partial charge in [-0.1, -0.05) is 19.8 Å². The minimum atomic E-state index is -0.427. The van der Waals surface area contributed by atoms with Crippen LogP contribution in [0.3, 0.4) is 0 Å².